The van der Waals surface area contributed by atoms with E-state index < -0.39 is 0 Å². The van der Waals surface area contributed by atoms with Crippen LogP contribution < -0.4 is 5.32 Å². The number of rotatable bonds is 5. The van der Waals surface area contributed by atoms with Gasteiger partial charge in [-0.3, -0.25) is 4.68 Å². The van der Waals surface area contributed by atoms with E-state index in [1.165, 1.54) is 12.0 Å². The molecule has 0 spiro atoms. The first-order chi connectivity index (χ1) is 9.63. The molecule has 0 radical (unpaired) electrons. The van der Waals surface area contributed by atoms with Gasteiger partial charge in [0.25, 0.3) is 0 Å². The van der Waals surface area contributed by atoms with Crippen molar-refractivity contribution in [1.82, 2.24) is 20.1 Å². The molecule has 0 amide bonds. The third-order valence-electron chi connectivity index (χ3n) is 3.91. The number of nitrogens with one attached hydrogen (secondary N) is 1. The monoisotopic (exact) mass is 274 g/mol. The predicted octanol–water partition coefficient (Wildman–Crippen LogP) is 2.41. The molecule has 0 saturated heterocycles. The topological polar surface area (TPSA) is 42.7 Å². The van der Waals surface area contributed by atoms with Crippen LogP contribution in [-0.4, -0.2) is 21.3 Å². The van der Waals surface area contributed by atoms with Crippen molar-refractivity contribution in [3.63, 3.8) is 0 Å². The average Bonchev–Trinajstić information content (AvgIpc) is 3.09. The minimum absolute atomic E-state index is 0.158. The largest absolute Gasteiger partial charge is 0.307 e. The summed E-state index contributed by atoms with van der Waals surface area (Å²) in [7, 11) is 1.87. The van der Waals surface area contributed by atoms with Crippen LogP contribution in [0.15, 0.2) is 30.6 Å². The molecule has 1 N–H and O–H groups in total. The van der Waals surface area contributed by atoms with Crippen LogP contribution in [-0.2, 0) is 7.05 Å². The molecule has 106 valence electrons. The van der Waals surface area contributed by atoms with E-state index in [2.05, 4.69) is 22.3 Å². The van der Waals surface area contributed by atoms with Gasteiger partial charge in [-0.15, -0.1) is 0 Å². The molecule has 3 atom stereocenters. The molecule has 1 aliphatic rings. The van der Waals surface area contributed by atoms with Crippen molar-refractivity contribution < 1.29 is 4.39 Å². The van der Waals surface area contributed by atoms with E-state index in [1.807, 2.05) is 19.2 Å². The van der Waals surface area contributed by atoms with Crippen molar-refractivity contribution >= 4 is 0 Å². The lowest BCUT2D eigenvalue weighted by Crippen LogP contribution is -2.22. The molecule has 20 heavy (non-hydrogen) atoms. The Bertz CT molecular complexity index is 578. The molecule has 0 bridgehead atoms. The molecule has 2 aromatic rings. The molecule has 1 aromatic heterocycles. The van der Waals surface area contributed by atoms with E-state index in [0.29, 0.717) is 11.8 Å². The highest BCUT2D eigenvalue weighted by Gasteiger charge is 2.38. The van der Waals surface area contributed by atoms with Crippen LogP contribution in [0.1, 0.15) is 36.7 Å². The Morgan fingerprint density at radius 2 is 2.15 bits per heavy atom. The second-order valence-electron chi connectivity index (χ2n) is 5.56. The van der Waals surface area contributed by atoms with E-state index >= 15 is 0 Å². The summed E-state index contributed by atoms with van der Waals surface area (Å²) in [5.74, 6) is 1.85. The summed E-state index contributed by atoms with van der Waals surface area (Å²) in [4.78, 5) is 4.25. The van der Waals surface area contributed by atoms with Gasteiger partial charge in [0, 0.05) is 7.05 Å². The fourth-order valence-electron chi connectivity index (χ4n) is 2.57. The normalized spacial score (nSPS) is 22.8. The second-order valence-corrected chi connectivity index (χ2v) is 5.56. The molecule has 1 aliphatic carbocycles. The van der Waals surface area contributed by atoms with E-state index in [-0.39, 0.29) is 11.9 Å². The van der Waals surface area contributed by atoms with Crippen LogP contribution in [0.25, 0.3) is 0 Å². The van der Waals surface area contributed by atoms with Crippen molar-refractivity contribution in [1.29, 1.82) is 0 Å². The highest BCUT2D eigenvalue weighted by atomic mass is 19.1. The fraction of sp³-hybridized carbons (Fsp3) is 0.467. The van der Waals surface area contributed by atoms with Crippen molar-refractivity contribution in [3.8, 4) is 0 Å². The van der Waals surface area contributed by atoms with Gasteiger partial charge in [-0.1, -0.05) is 12.1 Å². The molecule has 1 heterocycles. The highest BCUT2D eigenvalue weighted by molar-refractivity contribution is 5.26. The van der Waals surface area contributed by atoms with Crippen LogP contribution >= 0.6 is 0 Å². The molecule has 1 saturated carbocycles. The summed E-state index contributed by atoms with van der Waals surface area (Å²) in [5.41, 5.74) is 1.24. The molecular weight excluding hydrogens is 255 g/mol. The standard InChI is InChI=1S/C15H19FN4/c1-10(15-18-9-20(2)19-15)17-8-12-7-14(12)11-3-5-13(16)6-4-11/h3-6,9-10,12,14,17H,7-8H2,1-2H3. The maximum absolute atomic E-state index is 12.9. The van der Waals surface area contributed by atoms with Crippen LogP contribution in [0.2, 0.25) is 0 Å². The Morgan fingerprint density at radius 1 is 1.40 bits per heavy atom. The molecule has 3 unspecified atom stereocenters. The van der Waals surface area contributed by atoms with Gasteiger partial charge in [-0.05, 0) is 49.4 Å². The Labute approximate surface area is 118 Å². The summed E-state index contributed by atoms with van der Waals surface area (Å²) in [6.45, 7) is 3.02. The van der Waals surface area contributed by atoms with E-state index in [0.717, 1.165) is 12.4 Å². The van der Waals surface area contributed by atoms with Gasteiger partial charge in [0.2, 0.25) is 0 Å². The third kappa shape index (κ3) is 2.88. The number of nitrogens with zero attached hydrogens (tertiary/aromatic N) is 3. The minimum Gasteiger partial charge on any atom is -0.307 e. The van der Waals surface area contributed by atoms with Gasteiger partial charge in [0.1, 0.15) is 12.1 Å². The number of benzene rings is 1. The average molecular weight is 274 g/mol. The molecule has 1 aromatic carbocycles. The zero-order valence-electron chi connectivity index (χ0n) is 11.8. The Balaban J connectivity index is 1.50. The predicted molar refractivity (Wildman–Crippen MR) is 74.7 cm³/mol. The summed E-state index contributed by atoms with van der Waals surface area (Å²) >= 11 is 0. The van der Waals surface area contributed by atoms with Crippen LogP contribution in [0.3, 0.4) is 0 Å². The fourth-order valence-corrected chi connectivity index (χ4v) is 2.57. The zero-order valence-corrected chi connectivity index (χ0v) is 11.8. The van der Waals surface area contributed by atoms with Gasteiger partial charge in [-0.25, -0.2) is 9.37 Å². The molecule has 1 fully saturated rings. The number of halogens is 1. The summed E-state index contributed by atoms with van der Waals surface area (Å²) < 4.78 is 14.6. The van der Waals surface area contributed by atoms with Gasteiger partial charge < -0.3 is 5.32 Å². The van der Waals surface area contributed by atoms with Gasteiger partial charge in [0.05, 0.1) is 6.04 Å². The maximum atomic E-state index is 12.9. The molecular formula is C15H19FN4. The van der Waals surface area contributed by atoms with Crippen LogP contribution in [0, 0.1) is 11.7 Å². The summed E-state index contributed by atoms with van der Waals surface area (Å²) in [6.07, 6.45) is 2.88. The number of aromatic nitrogens is 3. The molecule has 4 nitrogen and oxygen atoms in total. The Hall–Kier alpha value is -1.75. The smallest absolute Gasteiger partial charge is 0.167 e. The first-order valence-electron chi connectivity index (χ1n) is 6.98. The first kappa shape index (κ1) is 13.2. The van der Waals surface area contributed by atoms with E-state index in [4.69, 9.17) is 0 Å². The lowest BCUT2D eigenvalue weighted by molar-refractivity contribution is 0.518. The minimum atomic E-state index is -0.168. The summed E-state index contributed by atoms with van der Waals surface area (Å²) in [5, 5.41) is 7.77. The lowest BCUT2D eigenvalue weighted by atomic mass is 10.1. The van der Waals surface area contributed by atoms with Crippen LogP contribution in [0.4, 0.5) is 4.39 Å². The Morgan fingerprint density at radius 3 is 2.80 bits per heavy atom. The van der Waals surface area contributed by atoms with Gasteiger partial charge >= 0.3 is 0 Å². The SMILES string of the molecule is CC(NCC1CC1c1ccc(F)cc1)c1ncn(C)n1. The highest BCUT2D eigenvalue weighted by Crippen LogP contribution is 2.47. The Kier molecular flexibility index (Phi) is 3.53. The molecule has 5 heteroatoms. The number of hydrogen-bond donors (Lipinski definition) is 1. The second kappa shape index (κ2) is 5.32. The first-order valence-corrected chi connectivity index (χ1v) is 6.98. The lowest BCUT2D eigenvalue weighted by Gasteiger charge is -2.10. The zero-order chi connectivity index (χ0) is 14.1. The quantitative estimate of drug-likeness (QED) is 0.910. The molecule has 0 aliphatic heterocycles. The van der Waals surface area contributed by atoms with Gasteiger partial charge in [-0.2, -0.15) is 5.10 Å². The van der Waals surface area contributed by atoms with Crippen molar-refractivity contribution in [2.45, 2.75) is 25.3 Å². The van der Waals surface area contributed by atoms with E-state index in [9.17, 15) is 4.39 Å². The molecule has 3 rings (SSSR count). The maximum Gasteiger partial charge on any atom is 0.167 e. The van der Waals surface area contributed by atoms with Gasteiger partial charge in [0.15, 0.2) is 5.82 Å². The van der Waals surface area contributed by atoms with E-state index in [1.54, 1.807) is 23.1 Å². The van der Waals surface area contributed by atoms with Crippen molar-refractivity contribution in [2.75, 3.05) is 6.54 Å². The van der Waals surface area contributed by atoms with Crippen LogP contribution in [0.5, 0.6) is 0 Å². The van der Waals surface area contributed by atoms with Crippen molar-refractivity contribution in [2.24, 2.45) is 13.0 Å². The number of aryl methyl sites for hydroxylation is 1. The number of hydrogen-bond acceptors (Lipinski definition) is 3. The summed E-state index contributed by atoms with van der Waals surface area (Å²) in [6, 6.07) is 7.02. The van der Waals surface area contributed by atoms with Crippen molar-refractivity contribution in [3.05, 3.63) is 47.8 Å². The third-order valence-corrected chi connectivity index (χ3v) is 3.91.